The monoisotopic (exact) mass is 392 g/mol. The van der Waals surface area contributed by atoms with E-state index in [-0.39, 0.29) is 37.1 Å². The minimum Gasteiger partial charge on any atom is -0.390 e. The average molecular weight is 393 g/mol. The fourth-order valence-electron chi connectivity index (χ4n) is 2.92. The molecule has 7 heteroatoms. The van der Waals surface area contributed by atoms with Crippen LogP contribution < -0.4 is 0 Å². The molecule has 3 rings (SSSR count). The maximum atomic E-state index is 14.0. The fraction of sp³-hybridized carbons (Fsp3) is 0.300. The Balaban J connectivity index is 1.67. The van der Waals surface area contributed by atoms with E-state index in [0.29, 0.717) is 11.4 Å². The van der Waals surface area contributed by atoms with Crippen molar-refractivity contribution in [1.29, 1.82) is 0 Å². The van der Waals surface area contributed by atoms with Crippen LogP contribution >= 0.6 is 11.6 Å². The molecule has 1 unspecified atom stereocenters. The summed E-state index contributed by atoms with van der Waals surface area (Å²) in [6.07, 6.45) is 0.483. The summed E-state index contributed by atoms with van der Waals surface area (Å²) in [6.45, 7) is 2.06. The topological polar surface area (TPSA) is 41.9 Å². The van der Waals surface area contributed by atoms with E-state index in [0.717, 1.165) is 17.3 Å². The quantitative estimate of drug-likeness (QED) is 0.723. The highest BCUT2D eigenvalue weighted by Crippen LogP contribution is 2.21. The van der Waals surface area contributed by atoms with Crippen LogP contribution in [0.2, 0.25) is 5.02 Å². The molecule has 1 aliphatic rings. The zero-order chi connectivity index (χ0) is 19.4. The molecule has 0 aromatic heterocycles. The fourth-order valence-corrected chi connectivity index (χ4v) is 3.04. The van der Waals surface area contributed by atoms with Gasteiger partial charge in [-0.05, 0) is 23.8 Å². The SMILES string of the molecule is CCC(=O)N(Cc1ccc(F)cc1F)CC1CC(c2ccc(Cl)cc2)=NO1. The number of hydrogen-bond acceptors (Lipinski definition) is 3. The molecule has 0 radical (unpaired) electrons. The lowest BCUT2D eigenvalue weighted by molar-refractivity contribution is -0.133. The van der Waals surface area contributed by atoms with Crippen LogP contribution in [0.15, 0.2) is 47.6 Å². The van der Waals surface area contributed by atoms with Gasteiger partial charge in [0.05, 0.1) is 12.3 Å². The molecule has 2 aromatic carbocycles. The molecule has 0 saturated heterocycles. The number of carbonyl (C=O) groups is 1. The van der Waals surface area contributed by atoms with Gasteiger partial charge in [0.25, 0.3) is 0 Å². The Morgan fingerprint density at radius 2 is 2.00 bits per heavy atom. The summed E-state index contributed by atoms with van der Waals surface area (Å²) in [6, 6.07) is 10.6. The molecule has 0 N–H and O–H groups in total. The van der Waals surface area contributed by atoms with Gasteiger partial charge in [0, 0.05) is 36.0 Å². The van der Waals surface area contributed by atoms with Gasteiger partial charge in [-0.3, -0.25) is 4.79 Å². The number of nitrogens with zero attached hydrogens (tertiary/aromatic N) is 2. The van der Waals surface area contributed by atoms with Gasteiger partial charge >= 0.3 is 0 Å². The number of oxime groups is 1. The molecular formula is C20H19ClF2N2O2. The highest BCUT2D eigenvalue weighted by molar-refractivity contribution is 6.30. The zero-order valence-electron chi connectivity index (χ0n) is 14.8. The molecule has 2 aromatic rings. The maximum absolute atomic E-state index is 14.0. The van der Waals surface area contributed by atoms with Crippen LogP contribution in [0.1, 0.15) is 30.9 Å². The van der Waals surface area contributed by atoms with E-state index in [9.17, 15) is 13.6 Å². The minimum absolute atomic E-state index is 0.0505. The summed E-state index contributed by atoms with van der Waals surface area (Å²) in [5.41, 5.74) is 1.93. The third-order valence-corrected chi connectivity index (χ3v) is 4.62. The van der Waals surface area contributed by atoms with Gasteiger partial charge in [-0.15, -0.1) is 0 Å². The third kappa shape index (κ3) is 4.83. The van der Waals surface area contributed by atoms with E-state index in [1.54, 1.807) is 19.1 Å². The van der Waals surface area contributed by atoms with Crippen molar-refractivity contribution in [3.05, 3.63) is 70.2 Å². The van der Waals surface area contributed by atoms with Gasteiger partial charge in [-0.2, -0.15) is 0 Å². The molecule has 1 aliphatic heterocycles. The molecule has 27 heavy (non-hydrogen) atoms. The molecular weight excluding hydrogens is 374 g/mol. The van der Waals surface area contributed by atoms with Crippen LogP contribution in [0.25, 0.3) is 0 Å². The normalized spacial score (nSPS) is 16.0. The van der Waals surface area contributed by atoms with Crippen molar-refractivity contribution in [2.75, 3.05) is 6.54 Å². The van der Waals surface area contributed by atoms with E-state index in [1.165, 1.54) is 17.0 Å². The Morgan fingerprint density at radius 1 is 1.26 bits per heavy atom. The standard InChI is InChI=1S/C20H19ClF2N2O2/c1-2-20(26)25(11-14-5-8-16(22)9-18(14)23)12-17-10-19(24-27-17)13-3-6-15(21)7-4-13/h3-9,17H,2,10-12H2,1H3. The smallest absolute Gasteiger partial charge is 0.222 e. The van der Waals surface area contributed by atoms with E-state index in [2.05, 4.69) is 5.16 Å². The first-order valence-corrected chi connectivity index (χ1v) is 9.04. The predicted molar refractivity (Wildman–Crippen MR) is 99.5 cm³/mol. The first-order chi connectivity index (χ1) is 13.0. The Hall–Kier alpha value is -2.47. The number of amides is 1. The van der Waals surface area contributed by atoms with Crippen molar-refractivity contribution in [2.45, 2.75) is 32.4 Å². The maximum Gasteiger partial charge on any atom is 0.222 e. The van der Waals surface area contributed by atoms with Crippen LogP contribution in [0, 0.1) is 11.6 Å². The summed E-state index contributed by atoms with van der Waals surface area (Å²) in [7, 11) is 0. The second-order valence-corrected chi connectivity index (χ2v) is 6.78. The Morgan fingerprint density at radius 3 is 2.67 bits per heavy atom. The lowest BCUT2D eigenvalue weighted by Crippen LogP contribution is -2.37. The Kier molecular flexibility index (Phi) is 6.06. The molecule has 1 atom stereocenters. The van der Waals surface area contributed by atoms with Crippen LogP contribution in [0.4, 0.5) is 8.78 Å². The Labute approximate surface area is 161 Å². The van der Waals surface area contributed by atoms with E-state index >= 15 is 0 Å². The van der Waals surface area contributed by atoms with Crippen molar-refractivity contribution >= 4 is 23.2 Å². The zero-order valence-corrected chi connectivity index (χ0v) is 15.5. The third-order valence-electron chi connectivity index (χ3n) is 4.37. The molecule has 0 bridgehead atoms. The lowest BCUT2D eigenvalue weighted by atomic mass is 10.0. The molecule has 0 aliphatic carbocycles. The molecule has 4 nitrogen and oxygen atoms in total. The van der Waals surface area contributed by atoms with Gasteiger partial charge in [0.15, 0.2) is 6.10 Å². The molecule has 0 fully saturated rings. The lowest BCUT2D eigenvalue weighted by Gasteiger charge is -2.24. The van der Waals surface area contributed by atoms with Gasteiger partial charge in [-0.1, -0.05) is 41.9 Å². The summed E-state index contributed by atoms with van der Waals surface area (Å²) in [5.74, 6) is -1.46. The summed E-state index contributed by atoms with van der Waals surface area (Å²) >= 11 is 5.90. The van der Waals surface area contributed by atoms with Crippen molar-refractivity contribution in [2.24, 2.45) is 5.16 Å². The minimum atomic E-state index is -0.672. The van der Waals surface area contributed by atoms with Gasteiger partial charge in [0.1, 0.15) is 11.6 Å². The summed E-state index contributed by atoms with van der Waals surface area (Å²) < 4.78 is 27.1. The van der Waals surface area contributed by atoms with Gasteiger partial charge < -0.3 is 9.74 Å². The predicted octanol–water partition coefficient (Wildman–Crippen LogP) is 4.55. The largest absolute Gasteiger partial charge is 0.390 e. The number of halogens is 3. The van der Waals surface area contributed by atoms with E-state index in [1.807, 2.05) is 12.1 Å². The second-order valence-electron chi connectivity index (χ2n) is 6.34. The van der Waals surface area contributed by atoms with Crippen LogP contribution in [-0.2, 0) is 16.2 Å². The first-order valence-electron chi connectivity index (χ1n) is 8.66. The van der Waals surface area contributed by atoms with E-state index < -0.39 is 11.6 Å². The number of carbonyl (C=O) groups excluding carboxylic acids is 1. The second kappa shape index (κ2) is 8.48. The van der Waals surface area contributed by atoms with Crippen LogP contribution in [-0.4, -0.2) is 29.2 Å². The van der Waals surface area contributed by atoms with Crippen molar-refractivity contribution < 1.29 is 18.4 Å². The highest BCUT2D eigenvalue weighted by Gasteiger charge is 2.27. The van der Waals surface area contributed by atoms with E-state index in [4.69, 9.17) is 16.4 Å². The van der Waals surface area contributed by atoms with Crippen molar-refractivity contribution in [3.63, 3.8) is 0 Å². The first kappa shape index (κ1) is 19.3. The molecule has 142 valence electrons. The Bertz CT molecular complexity index is 856. The van der Waals surface area contributed by atoms with Gasteiger partial charge in [-0.25, -0.2) is 8.78 Å². The molecule has 1 amide bonds. The molecule has 0 saturated carbocycles. The number of benzene rings is 2. The number of rotatable bonds is 6. The summed E-state index contributed by atoms with van der Waals surface area (Å²) in [5, 5.41) is 4.74. The van der Waals surface area contributed by atoms with Crippen molar-refractivity contribution in [3.8, 4) is 0 Å². The molecule has 1 heterocycles. The van der Waals surface area contributed by atoms with Crippen molar-refractivity contribution in [1.82, 2.24) is 4.90 Å². The molecule has 0 spiro atoms. The summed E-state index contributed by atoms with van der Waals surface area (Å²) in [4.78, 5) is 19.3. The average Bonchev–Trinajstić information content (AvgIpc) is 3.11. The van der Waals surface area contributed by atoms with Crippen LogP contribution in [0.5, 0.6) is 0 Å². The van der Waals surface area contributed by atoms with Gasteiger partial charge in [0.2, 0.25) is 5.91 Å². The number of hydrogen-bond donors (Lipinski definition) is 0. The highest BCUT2D eigenvalue weighted by atomic mass is 35.5. The van der Waals surface area contributed by atoms with Crippen LogP contribution in [0.3, 0.4) is 0 Å².